The number of hydrogen-bond acceptors (Lipinski definition) is 5. The van der Waals surface area contributed by atoms with Crippen molar-refractivity contribution in [3.63, 3.8) is 0 Å². The van der Waals surface area contributed by atoms with Gasteiger partial charge in [-0.15, -0.1) is 11.3 Å². The molecule has 0 atom stereocenters. The van der Waals surface area contributed by atoms with E-state index in [1.165, 1.54) is 11.3 Å². The Kier molecular flexibility index (Phi) is 5.70. The van der Waals surface area contributed by atoms with Crippen LogP contribution in [0.2, 0.25) is 0 Å². The van der Waals surface area contributed by atoms with Crippen molar-refractivity contribution in [2.75, 3.05) is 18.0 Å². The first-order valence-corrected chi connectivity index (χ1v) is 9.73. The number of likely N-dealkylation sites (tertiary alicyclic amines) is 1. The SMILES string of the molecule is CC(C)(C)OC(=O)N(c1cccs1)C1CN(C(=O)OCc2ccccc2)C1. The lowest BCUT2D eigenvalue weighted by Gasteiger charge is -2.43. The van der Waals surface area contributed by atoms with Crippen LogP contribution in [0.1, 0.15) is 26.3 Å². The fraction of sp³-hybridized carbons (Fsp3) is 0.400. The number of anilines is 1. The third-order valence-electron chi connectivity index (χ3n) is 4.02. The summed E-state index contributed by atoms with van der Waals surface area (Å²) < 4.78 is 10.9. The zero-order valence-electron chi connectivity index (χ0n) is 15.8. The third kappa shape index (κ3) is 5.01. The van der Waals surface area contributed by atoms with Gasteiger partial charge in [0.25, 0.3) is 0 Å². The molecular weight excluding hydrogens is 364 g/mol. The lowest BCUT2D eigenvalue weighted by Crippen LogP contribution is -2.63. The monoisotopic (exact) mass is 388 g/mol. The molecule has 27 heavy (non-hydrogen) atoms. The van der Waals surface area contributed by atoms with Gasteiger partial charge in [0, 0.05) is 13.1 Å². The van der Waals surface area contributed by atoms with E-state index in [0.717, 1.165) is 10.6 Å². The van der Waals surface area contributed by atoms with Gasteiger partial charge in [0.2, 0.25) is 0 Å². The standard InChI is InChI=1S/C20H24N2O4S/c1-20(2,3)26-19(24)22(17-10-7-11-27-17)16-12-21(13-16)18(23)25-14-15-8-5-4-6-9-15/h4-11,16H,12-14H2,1-3H3. The molecule has 1 fully saturated rings. The minimum atomic E-state index is -0.579. The van der Waals surface area contributed by atoms with Crippen LogP contribution in [0.15, 0.2) is 47.8 Å². The molecule has 0 N–H and O–H groups in total. The lowest BCUT2D eigenvalue weighted by atomic mass is 10.1. The van der Waals surface area contributed by atoms with Gasteiger partial charge in [-0.05, 0) is 43.8 Å². The fourth-order valence-electron chi connectivity index (χ4n) is 2.72. The van der Waals surface area contributed by atoms with Gasteiger partial charge in [0.1, 0.15) is 17.2 Å². The molecule has 0 bridgehead atoms. The number of carbonyl (C=O) groups is 2. The largest absolute Gasteiger partial charge is 0.445 e. The van der Waals surface area contributed by atoms with Crippen LogP contribution >= 0.6 is 11.3 Å². The summed E-state index contributed by atoms with van der Waals surface area (Å²) in [5, 5.41) is 2.73. The van der Waals surface area contributed by atoms with Crippen LogP contribution in [0.5, 0.6) is 0 Å². The predicted octanol–water partition coefficient (Wildman–Crippen LogP) is 4.51. The number of hydrogen-bond donors (Lipinski definition) is 0. The maximum absolute atomic E-state index is 12.7. The van der Waals surface area contributed by atoms with E-state index in [-0.39, 0.29) is 18.7 Å². The van der Waals surface area contributed by atoms with E-state index in [1.807, 2.05) is 68.6 Å². The van der Waals surface area contributed by atoms with Gasteiger partial charge >= 0.3 is 12.2 Å². The summed E-state index contributed by atoms with van der Waals surface area (Å²) in [5.41, 5.74) is 0.363. The van der Waals surface area contributed by atoms with E-state index in [4.69, 9.17) is 9.47 Å². The van der Waals surface area contributed by atoms with E-state index in [1.54, 1.807) is 9.80 Å². The second-order valence-electron chi connectivity index (χ2n) is 7.40. The normalized spacial score (nSPS) is 14.4. The maximum atomic E-state index is 12.7. The Bertz CT molecular complexity index is 765. The quantitative estimate of drug-likeness (QED) is 0.773. The Labute approximate surface area is 163 Å². The van der Waals surface area contributed by atoms with Crippen molar-refractivity contribution in [1.29, 1.82) is 0 Å². The molecule has 0 aliphatic carbocycles. The van der Waals surface area contributed by atoms with E-state index >= 15 is 0 Å². The smallest absolute Gasteiger partial charge is 0.415 e. The first-order chi connectivity index (χ1) is 12.8. The minimum Gasteiger partial charge on any atom is -0.445 e. The molecule has 0 saturated carbocycles. The molecule has 6 nitrogen and oxygen atoms in total. The Hall–Kier alpha value is -2.54. The molecular formula is C20H24N2O4S. The Balaban J connectivity index is 1.57. The number of nitrogens with zero attached hydrogens (tertiary/aromatic N) is 2. The van der Waals surface area contributed by atoms with Crippen molar-refractivity contribution in [1.82, 2.24) is 4.90 Å². The zero-order chi connectivity index (χ0) is 19.4. The van der Waals surface area contributed by atoms with Crippen LogP contribution in [0, 0.1) is 0 Å². The molecule has 1 aromatic heterocycles. The van der Waals surface area contributed by atoms with Crippen molar-refractivity contribution in [3.05, 3.63) is 53.4 Å². The first kappa shape index (κ1) is 19.2. The average Bonchev–Trinajstić information content (AvgIpc) is 3.08. The Morgan fingerprint density at radius 3 is 2.44 bits per heavy atom. The van der Waals surface area contributed by atoms with Gasteiger partial charge < -0.3 is 14.4 Å². The molecule has 1 aromatic carbocycles. The number of ether oxygens (including phenoxy) is 2. The summed E-state index contributed by atoms with van der Waals surface area (Å²) in [7, 11) is 0. The maximum Gasteiger partial charge on any atom is 0.415 e. The van der Waals surface area contributed by atoms with E-state index in [9.17, 15) is 9.59 Å². The third-order valence-corrected chi connectivity index (χ3v) is 4.89. The van der Waals surface area contributed by atoms with Crippen molar-refractivity contribution in [3.8, 4) is 0 Å². The summed E-state index contributed by atoms with van der Waals surface area (Å²) >= 11 is 1.47. The number of thiophene rings is 1. The average molecular weight is 388 g/mol. The molecule has 0 unspecified atom stereocenters. The highest BCUT2D eigenvalue weighted by atomic mass is 32.1. The summed E-state index contributed by atoms with van der Waals surface area (Å²) in [6.07, 6.45) is -0.766. The molecule has 144 valence electrons. The summed E-state index contributed by atoms with van der Waals surface area (Å²) in [6.45, 7) is 6.60. The second-order valence-corrected chi connectivity index (χ2v) is 8.33. The number of amides is 2. The molecule has 2 aromatic rings. The van der Waals surface area contributed by atoms with E-state index in [0.29, 0.717) is 13.1 Å². The molecule has 1 aliphatic heterocycles. The fourth-order valence-corrected chi connectivity index (χ4v) is 3.51. The first-order valence-electron chi connectivity index (χ1n) is 8.85. The van der Waals surface area contributed by atoms with E-state index in [2.05, 4.69) is 0 Å². The highest BCUT2D eigenvalue weighted by molar-refractivity contribution is 7.14. The summed E-state index contributed by atoms with van der Waals surface area (Å²) in [4.78, 5) is 28.1. The molecule has 0 spiro atoms. The van der Waals surface area contributed by atoms with Gasteiger partial charge in [0.05, 0.1) is 6.04 Å². The van der Waals surface area contributed by atoms with Crippen LogP contribution in [0.25, 0.3) is 0 Å². The lowest BCUT2D eigenvalue weighted by molar-refractivity contribution is 0.0435. The Morgan fingerprint density at radius 2 is 1.85 bits per heavy atom. The van der Waals surface area contributed by atoms with Crippen LogP contribution in [-0.4, -0.2) is 41.8 Å². The number of carbonyl (C=O) groups excluding carboxylic acids is 2. The number of benzene rings is 1. The van der Waals surface area contributed by atoms with Crippen molar-refractivity contribution in [2.24, 2.45) is 0 Å². The van der Waals surface area contributed by atoms with E-state index < -0.39 is 11.7 Å². The van der Waals surface area contributed by atoms with Crippen molar-refractivity contribution < 1.29 is 19.1 Å². The molecule has 0 radical (unpaired) electrons. The second kappa shape index (κ2) is 8.00. The van der Waals surface area contributed by atoms with Gasteiger partial charge in [-0.3, -0.25) is 4.90 Å². The summed E-state index contributed by atoms with van der Waals surface area (Å²) in [5.74, 6) is 0. The van der Waals surface area contributed by atoms with Crippen LogP contribution in [-0.2, 0) is 16.1 Å². The molecule has 3 rings (SSSR count). The molecule has 1 aliphatic rings. The predicted molar refractivity (Wildman–Crippen MR) is 105 cm³/mol. The van der Waals surface area contributed by atoms with Crippen LogP contribution in [0.3, 0.4) is 0 Å². The van der Waals surface area contributed by atoms with Gasteiger partial charge in [0.15, 0.2) is 0 Å². The topological polar surface area (TPSA) is 59.1 Å². The highest BCUT2D eigenvalue weighted by Gasteiger charge is 2.40. The van der Waals surface area contributed by atoms with Gasteiger partial charge in [-0.25, -0.2) is 9.59 Å². The van der Waals surface area contributed by atoms with Crippen molar-refractivity contribution >= 4 is 28.5 Å². The van der Waals surface area contributed by atoms with Crippen molar-refractivity contribution in [2.45, 2.75) is 39.0 Å². The molecule has 2 heterocycles. The molecule has 1 saturated heterocycles. The van der Waals surface area contributed by atoms with Crippen LogP contribution in [0.4, 0.5) is 14.6 Å². The zero-order valence-corrected chi connectivity index (χ0v) is 16.6. The highest BCUT2D eigenvalue weighted by Crippen LogP contribution is 2.29. The van der Waals surface area contributed by atoms with Gasteiger partial charge in [-0.2, -0.15) is 0 Å². The molecule has 2 amide bonds. The Morgan fingerprint density at radius 1 is 1.15 bits per heavy atom. The summed E-state index contributed by atoms with van der Waals surface area (Å²) in [6, 6.07) is 13.2. The number of rotatable bonds is 4. The minimum absolute atomic E-state index is 0.122. The molecule has 7 heteroatoms. The van der Waals surface area contributed by atoms with Gasteiger partial charge in [-0.1, -0.05) is 30.3 Å². The van der Waals surface area contributed by atoms with Crippen LogP contribution < -0.4 is 4.90 Å².